The van der Waals surface area contributed by atoms with Crippen LogP contribution in [0.4, 0.5) is 13.2 Å². The Bertz CT molecular complexity index is 3160. The van der Waals surface area contributed by atoms with E-state index in [9.17, 15) is 13.2 Å². The van der Waals surface area contributed by atoms with Gasteiger partial charge in [-0.3, -0.25) is 0 Å². The van der Waals surface area contributed by atoms with E-state index in [-0.39, 0.29) is 0 Å². The third-order valence-corrected chi connectivity index (χ3v) is 10.7. The summed E-state index contributed by atoms with van der Waals surface area (Å²) in [4.78, 5) is 42.2. The topological polar surface area (TPSA) is 121 Å². The highest BCUT2D eigenvalue weighted by Crippen LogP contribution is 2.40. The van der Waals surface area contributed by atoms with Gasteiger partial charge >= 0.3 is 6.18 Å². The van der Waals surface area contributed by atoms with Crippen molar-refractivity contribution in [2.75, 3.05) is 0 Å². The Morgan fingerprint density at radius 3 is 1.25 bits per heavy atom. The summed E-state index contributed by atoms with van der Waals surface area (Å²) >= 11 is 0. The van der Waals surface area contributed by atoms with Gasteiger partial charge in [-0.2, -0.15) is 13.2 Å². The molecule has 0 aliphatic carbocycles. The van der Waals surface area contributed by atoms with Crippen LogP contribution in [0.1, 0.15) is 28.9 Å². The van der Waals surface area contributed by atoms with Gasteiger partial charge in [-0.1, -0.05) is 72.8 Å². The second-order valence-corrected chi connectivity index (χ2v) is 15.1. The fourth-order valence-corrected chi connectivity index (χ4v) is 7.94. The second kappa shape index (κ2) is 15.4. The fourth-order valence-electron chi connectivity index (χ4n) is 7.94. The van der Waals surface area contributed by atoms with E-state index in [2.05, 4.69) is 46.6 Å². The number of hydrogen-bond acceptors (Lipinski definition) is 9. The molecule has 0 amide bonds. The largest absolute Gasteiger partial charge is 0.416 e. The molecule has 0 saturated heterocycles. The van der Waals surface area contributed by atoms with Gasteiger partial charge < -0.3 is 4.57 Å². The molecule has 0 N–H and O–H groups in total. The zero-order valence-corrected chi connectivity index (χ0v) is 34.4. The molecule has 0 fully saturated rings. The first-order valence-electron chi connectivity index (χ1n) is 20.1. The van der Waals surface area contributed by atoms with E-state index < -0.39 is 11.7 Å². The Hall–Kier alpha value is -8.06. The molecular weight excluding hydrogens is 798 g/mol. The van der Waals surface area contributed by atoms with Crippen molar-refractivity contribution in [3.63, 3.8) is 0 Å². The van der Waals surface area contributed by atoms with Crippen LogP contribution in [-0.4, -0.2) is 49.4 Å². The maximum atomic E-state index is 13.9. The van der Waals surface area contributed by atoms with E-state index in [1.807, 2.05) is 131 Å². The van der Waals surface area contributed by atoms with Gasteiger partial charge in [0.05, 0.1) is 16.6 Å². The molecule has 6 aromatic carbocycles. The zero-order chi connectivity index (χ0) is 43.4. The molecule has 0 unspecified atom stereocenters. The van der Waals surface area contributed by atoms with Crippen LogP contribution in [0.5, 0.6) is 0 Å². The van der Waals surface area contributed by atoms with Crippen molar-refractivity contribution >= 4 is 21.8 Å². The molecule has 306 valence electrons. The number of nitrogens with zero attached hydrogens (tertiary/aromatic N) is 10. The Labute approximate surface area is 359 Å². The van der Waals surface area contributed by atoms with Gasteiger partial charge in [0.25, 0.3) is 0 Å². The number of alkyl halides is 3. The summed E-state index contributed by atoms with van der Waals surface area (Å²) in [6.45, 7) is 7.36. The van der Waals surface area contributed by atoms with Crippen LogP contribution < -0.4 is 0 Å². The van der Waals surface area contributed by atoms with E-state index in [0.29, 0.717) is 69.1 Å². The normalized spacial score (nSPS) is 11.7. The highest BCUT2D eigenvalue weighted by Gasteiger charge is 2.30. The zero-order valence-electron chi connectivity index (χ0n) is 34.4. The number of aryl methyl sites for hydroxylation is 4. The minimum absolute atomic E-state index is 0.367. The van der Waals surface area contributed by atoms with E-state index in [1.54, 1.807) is 0 Å². The first-order valence-corrected chi connectivity index (χ1v) is 20.1. The average molecular weight is 833 g/mol. The molecule has 0 aliphatic rings. The summed E-state index contributed by atoms with van der Waals surface area (Å²) in [7, 11) is 0. The molecule has 0 spiro atoms. The monoisotopic (exact) mass is 832 g/mol. The molecule has 0 atom stereocenters. The summed E-state index contributed by atoms with van der Waals surface area (Å²) in [5.41, 5.74) is 6.76. The molecular formula is C50H35F3N10. The molecule has 0 bridgehead atoms. The van der Waals surface area contributed by atoms with Gasteiger partial charge in [0.1, 0.15) is 23.3 Å². The van der Waals surface area contributed by atoms with Crippen LogP contribution in [0, 0.1) is 27.7 Å². The lowest BCUT2D eigenvalue weighted by Crippen LogP contribution is -2.04. The van der Waals surface area contributed by atoms with Crippen molar-refractivity contribution in [2.24, 2.45) is 0 Å². The maximum absolute atomic E-state index is 13.9. The maximum Gasteiger partial charge on any atom is 0.416 e. The molecule has 10 rings (SSSR count). The molecule has 4 aromatic heterocycles. The van der Waals surface area contributed by atoms with Gasteiger partial charge in [-0.05, 0) is 106 Å². The number of hydrogen-bond donors (Lipinski definition) is 0. The van der Waals surface area contributed by atoms with Crippen LogP contribution in [0.3, 0.4) is 0 Å². The van der Waals surface area contributed by atoms with Gasteiger partial charge in [-0.15, -0.1) is 0 Å². The lowest BCUT2D eigenvalue weighted by molar-refractivity contribution is -0.137. The highest BCUT2D eigenvalue weighted by atomic mass is 19.4. The van der Waals surface area contributed by atoms with Gasteiger partial charge in [0.2, 0.25) is 0 Å². The Balaban J connectivity index is 1.22. The third-order valence-electron chi connectivity index (χ3n) is 10.7. The summed E-state index contributed by atoms with van der Waals surface area (Å²) < 4.78 is 43.9. The fraction of sp³-hybridized carbons (Fsp3) is 0.100. The van der Waals surface area contributed by atoms with Crippen molar-refractivity contribution in [1.29, 1.82) is 0 Å². The molecule has 0 aliphatic heterocycles. The molecule has 63 heavy (non-hydrogen) atoms. The Morgan fingerprint density at radius 2 is 0.794 bits per heavy atom. The molecule has 4 heterocycles. The predicted molar refractivity (Wildman–Crippen MR) is 238 cm³/mol. The number of benzene rings is 6. The van der Waals surface area contributed by atoms with Gasteiger partial charge in [0.15, 0.2) is 29.1 Å². The lowest BCUT2D eigenvalue weighted by Gasteiger charge is -2.16. The number of aromatic nitrogens is 10. The lowest BCUT2D eigenvalue weighted by atomic mass is 9.97. The average Bonchev–Trinajstić information content (AvgIpc) is 3.61. The standard InChI is InChI=1S/C50H35F3N10/c1-28-54-29(2)57-47(56-28)35-17-23-43-41(25-35)42-26-36(48-58-30(3)55-31(4)59-48)18-24-44(42)63(43)38-21-22-39(40(27-38)32-15-19-37(20-16-32)50(51,52)53)49-61-45(33-11-7-5-8-12-33)60-46(62-49)34-13-9-6-10-14-34/h5-27H,1-4H3. The van der Waals surface area contributed by atoms with E-state index >= 15 is 0 Å². The van der Waals surface area contributed by atoms with Crippen LogP contribution >= 0.6 is 0 Å². The van der Waals surface area contributed by atoms with Crippen molar-refractivity contribution < 1.29 is 13.2 Å². The number of rotatable bonds is 7. The van der Waals surface area contributed by atoms with Crippen LogP contribution in [0.2, 0.25) is 0 Å². The van der Waals surface area contributed by atoms with Gasteiger partial charge in [-0.25, -0.2) is 44.9 Å². The highest BCUT2D eigenvalue weighted by molar-refractivity contribution is 6.11. The quantitative estimate of drug-likeness (QED) is 0.154. The molecule has 10 aromatic rings. The Morgan fingerprint density at radius 1 is 0.365 bits per heavy atom. The third kappa shape index (κ3) is 7.54. The Kier molecular flexibility index (Phi) is 9.58. The van der Waals surface area contributed by atoms with Crippen molar-refractivity contribution in [3.05, 3.63) is 168 Å². The smallest absolute Gasteiger partial charge is 0.309 e. The molecule has 13 heteroatoms. The van der Waals surface area contributed by atoms with E-state index in [4.69, 9.17) is 15.0 Å². The van der Waals surface area contributed by atoms with Crippen LogP contribution in [-0.2, 0) is 6.18 Å². The molecule has 0 saturated carbocycles. The van der Waals surface area contributed by atoms with Crippen molar-refractivity contribution in [3.8, 4) is 73.8 Å². The summed E-state index contributed by atoms with van der Waals surface area (Å²) in [5, 5.41) is 1.83. The first-order chi connectivity index (χ1) is 30.4. The van der Waals surface area contributed by atoms with E-state index in [1.165, 1.54) is 12.1 Å². The second-order valence-electron chi connectivity index (χ2n) is 15.1. The molecule has 0 radical (unpaired) electrons. The predicted octanol–water partition coefficient (Wildman–Crippen LogP) is 11.6. The van der Waals surface area contributed by atoms with Crippen LogP contribution in [0.15, 0.2) is 140 Å². The SMILES string of the molecule is Cc1nc(C)nc(-c2ccc3c(c2)c2cc(-c4nc(C)nc(C)n4)ccc2n3-c2ccc(-c3nc(-c4ccccc4)nc(-c4ccccc4)n3)c(-c3ccc(C(F)(F)F)cc3)c2)n1. The van der Waals surface area contributed by atoms with Crippen molar-refractivity contribution in [2.45, 2.75) is 33.9 Å². The number of halogens is 3. The summed E-state index contributed by atoms with van der Waals surface area (Å²) in [5.74, 6) is 4.86. The number of fused-ring (bicyclic) bond motifs is 3. The summed E-state index contributed by atoms with van der Waals surface area (Å²) in [6.07, 6.45) is -4.51. The minimum Gasteiger partial charge on any atom is -0.309 e. The van der Waals surface area contributed by atoms with E-state index in [0.717, 1.165) is 61.9 Å². The molecule has 10 nitrogen and oxygen atoms in total. The van der Waals surface area contributed by atoms with Crippen molar-refractivity contribution in [1.82, 2.24) is 49.4 Å². The van der Waals surface area contributed by atoms with Gasteiger partial charge in [0, 0.05) is 44.3 Å². The minimum atomic E-state index is -4.51. The first kappa shape index (κ1) is 39.1. The van der Waals surface area contributed by atoms with Crippen LogP contribution in [0.25, 0.3) is 95.6 Å². The summed E-state index contributed by atoms with van der Waals surface area (Å²) in [6, 6.07) is 42.5.